The summed E-state index contributed by atoms with van der Waals surface area (Å²) in [4.78, 5) is 10.5. The van der Waals surface area contributed by atoms with E-state index < -0.39 is 6.03 Å². The van der Waals surface area contributed by atoms with Crippen molar-refractivity contribution in [2.75, 3.05) is 12.3 Å². The van der Waals surface area contributed by atoms with Crippen molar-refractivity contribution in [1.29, 1.82) is 0 Å². The number of aromatic nitrogens is 2. The average molecular weight is 225 g/mol. The van der Waals surface area contributed by atoms with E-state index >= 15 is 0 Å². The quantitative estimate of drug-likeness (QED) is 0.695. The molecule has 0 aliphatic rings. The van der Waals surface area contributed by atoms with Crippen LogP contribution in [0.3, 0.4) is 0 Å². The van der Waals surface area contributed by atoms with Gasteiger partial charge in [0.15, 0.2) is 0 Å². The van der Waals surface area contributed by atoms with Crippen molar-refractivity contribution in [3.05, 3.63) is 11.8 Å². The summed E-state index contributed by atoms with van der Waals surface area (Å²) < 4.78 is 1.66. The van der Waals surface area contributed by atoms with E-state index in [1.54, 1.807) is 4.68 Å². The van der Waals surface area contributed by atoms with Crippen LogP contribution in [-0.4, -0.2) is 22.4 Å². The molecule has 0 saturated heterocycles. The molecule has 0 aliphatic carbocycles. The van der Waals surface area contributed by atoms with Gasteiger partial charge in [0, 0.05) is 18.0 Å². The summed E-state index contributed by atoms with van der Waals surface area (Å²) in [6, 6.07) is 1.31. The van der Waals surface area contributed by atoms with Crippen LogP contribution < -0.4 is 16.8 Å². The van der Waals surface area contributed by atoms with Crippen LogP contribution in [0.1, 0.15) is 26.5 Å². The van der Waals surface area contributed by atoms with E-state index in [0.717, 1.165) is 5.69 Å². The van der Waals surface area contributed by atoms with Gasteiger partial charge < -0.3 is 16.8 Å². The van der Waals surface area contributed by atoms with Gasteiger partial charge in [-0.15, -0.1) is 0 Å². The van der Waals surface area contributed by atoms with Crippen molar-refractivity contribution >= 4 is 11.8 Å². The van der Waals surface area contributed by atoms with Crippen LogP contribution in [-0.2, 0) is 12.0 Å². The first-order valence-electron chi connectivity index (χ1n) is 5.18. The fourth-order valence-electron chi connectivity index (χ4n) is 1.26. The molecular weight excluding hydrogens is 206 g/mol. The molecule has 1 aromatic heterocycles. The lowest BCUT2D eigenvalue weighted by Crippen LogP contribution is -2.32. The summed E-state index contributed by atoms with van der Waals surface area (Å²) in [6.07, 6.45) is 0. The minimum Gasteiger partial charge on any atom is -0.384 e. The number of nitrogens with zero attached hydrogens (tertiary/aromatic N) is 2. The lowest BCUT2D eigenvalue weighted by atomic mass is 9.92. The summed E-state index contributed by atoms with van der Waals surface area (Å²) in [7, 11) is 0. The van der Waals surface area contributed by atoms with Gasteiger partial charge in [-0.3, -0.25) is 0 Å². The minimum absolute atomic E-state index is 0.0313. The second-order valence-corrected chi connectivity index (χ2v) is 4.72. The third-order valence-corrected chi connectivity index (χ3v) is 2.20. The summed E-state index contributed by atoms with van der Waals surface area (Å²) >= 11 is 0. The third-order valence-electron chi connectivity index (χ3n) is 2.20. The Hall–Kier alpha value is -1.72. The third kappa shape index (κ3) is 3.15. The molecule has 0 aromatic carbocycles. The number of primary amides is 1. The van der Waals surface area contributed by atoms with Crippen molar-refractivity contribution < 1.29 is 4.79 Å². The second-order valence-electron chi connectivity index (χ2n) is 4.72. The monoisotopic (exact) mass is 225 g/mol. The minimum atomic E-state index is -0.540. The highest BCUT2D eigenvalue weighted by Gasteiger charge is 2.18. The van der Waals surface area contributed by atoms with E-state index in [1.165, 1.54) is 0 Å². The van der Waals surface area contributed by atoms with E-state index in [4.69, 9.17) is 11.5 Å². The van der Waals surface area contributed by atoms with E-state index in [-0.39, 0.29) is 5.41 Å². The van der Waals surface area contributed by atoms with Crippen LogP contribution in [0.15, 0.2) is 6.07 Å². The molecule has 0 atom stereocenters. The molecule has 0 aliphatic heterocycles. The summed E-state index contributed by atoms with van der Waals surface area (Å²) in [6.45, 7) is 7.15. The molecule has 1 rings (SSSR count). The molecule has 2 amide bonds. The van der Waals surface area contributed by atoms with Crippen LogP contribution >= 0.6 is 0 Å². The van der Waals surface area contributed by atoms with Gasteiger partial charge in [0.2, 0.25) is 0 Å². The highest BCUT2D eigenvalue weighted by atomic mass is 16.2. The number of anilines is 1. The summed E-state index contributed by atoms with van der Waals surface area (Å²) in [5.41, 5.74) is 11.7. The van der Waals surface area contributed by atoms with Gasteiger partial charge >= 0.3 is 6.03 Å². The molecule has 1 heterocycles. The predicted octanol–water partition coefficient (Wildman–Crippen LogP) is 0.431. The molecule has 0 fully saturated rings. The first-order valence-corrected chi connectivity index (χ1v) is 5.18. The van der Waals surface area contributed by atoms with Crippen molar-refractivity contribution in [1.82, 2.24) is 15.1 Å². The molecule has 6 nitrogen and oxygen atoms in total. The van der Waals surface area contributed by atoms with Crippen LogP contribution in [0.2, 0.25) is 0 Å². The van der Waals surface area contributed by atoms with Gasteiger partial charge in [-0.25, -0.2) is 9.48 Å². The van der Waals surface area contributed by atoms with E-state index in [2.05, 4.69) is 31.2 Å². The molecule has 5 N–H and O–H groups in total. The maximum absolute atomic E-state index is 10.5. The smallest absolute Gasteiger partial charge is 0.312 e. The molecular formula is C10H19N5O. The number of nitrogen functional groups attached to an aromatic ring is 1. The maximum atomic E-state index is 10.5. The number of nitrogens with two attached hydrogens (primary N) is 2. The van der Waals surface area contributed by atoms with Gasteiger partial charge in [-0.1, -0.05) is 20.8 Å². The zero-order valence-electron chi connectivity index (χ0n) is 9.95. The number of amides is 2. The van der Waals surface area contributed by atoms with Gasteiger partial charge in [0.25, 0.3) is 0 Å². The van der Waals surface area contributed by atoms with Gasteiger partial charge in [-0.05, 0) is 0 Å². The van der Waals surface area contributed by atoms with E-state index in [9.17, 15) is 4.79 Å². The van der Waals surface area contributed by atoms with Crippen molar-refractivity contribution in [3.8, 4) is 0 Å². The highest BCUT2D eigenvalue weighted by molar-refractivity contribution is 5.71. The Morgan fingerprint density at radius 1 is 1.56 bits per heavy atom. The number of rotatable bonds is 3. The maximum Gasteiger partial charge on any atom is 0.312 e. The molecule has 0 bridgehead atoms. The Bertz CT molecular complexity index is 377. The fraction of sp³-hybridized carbons (Fsp3) is 0.600. The van der Waals surface area contributed by atoms with Crippen LogP contribution in [0, 0.1) is 0 Å². The summed E-state index contributed by atoms with van der Waals surface area (Å²) in [5.74, 6) is 0.594. The molecule has 1 aromatic rings. The second kappa shape index (κ2) is 4.42. The predicted molar refractivity (Wildman–Crippen MR) is 62.9 cm³/mol. The molecule has 0 radical (unpaired) electrons. The molecule has 16 heavy (non-hydrogen) atoms. The average Bonchev–Trinajstić information content (AvgIpc) is 2.46. The van der Waals surface area contributed by atoms with Gasteiger partial charge in [0.1, 0.15) is 5.82 Å². The number of hydrogen-bond donors (Lipinski definition) is 3. The number of carbonyl (C=O) groups excluding carboxylic acids is 1. The van der Waals surface area contributed by atoms with Crippen molar-refractivity contribution in [2.24, 2.45) is 5.73 Å². The van der Waals surface area contributed by atoms with E-state index in [1.807, 2.05) is 6.07 Å². The Morgan fingerprint density at radius 3 is 2.62 bits per heavy atom. The topological polar surface area (TPSA) is 99.0 Å². The Kier molecular flexibility index (Phi) is 3.41. The van der Waals surface area contributed by atoms with Crippen molar-refractivity contribution in [3.63, 3.8) is 0 Å². The molecule has 6 heteroatoms. The van der Waals surface area contributed by atoms with Crippen LogP contribution in [0.4, 0.5) is 10.6 Å². The first-order chi connectivity index (χ1) is 7.30. The normalized spacial score (nSPS) is 11.4. The van der Waals surface area contributed by atoms with Gasteiger partial charge in [0.05, 0.1) is 12.2 Å². The zero-order chi connectivity index (χ0) is 12.3. The SMILES string of the molecule is CC(C)(C)c1cc(N)n(CCNC(N)=O)n1. The van der Waals surface area contributed by atoms with Gasteiger partial charge in [-0.2, -0.15) is 5.10 Å². The lowest BCUT2D eigenvalue weighted by Gasteiger charge is -2.14. The Morgan fingerprint density at radius 2 is 2.19 bits per heavy atom. The lowest BCUT2D eigenvalue weighted by molar-refractivity contribution is 0.248. The number of carbonyl (C=O) groups is 1. The van der Waals surface area contributed by atoms with Crippen LogP contribution in [0.5, 0.6) is 0 Å². The molecule has 90 valence electrons. The molecule has 0 saturated carbocycles. The highest BCUT2D eigenvalue weighted by Crippen LogP contribution is 2.22. The van der Waals surface area contributed by atoms with E-state index in [0.29, 0.717) is 18.9 Å². The number of urea groups is 1. The van der Waals surface area contributed by atoms with Crippen LogP contribution in [0.25, 0.3) is 0 Å². The standard InChI is InChI=1S/C10H19N5O/c1-10(2,3)7-6-8(11)15(14-7)5-4-13-9(12)16/h6H,4-5,11H2,1-3H3,(H3,12,13,16). The van der Waals surface area contributed by atoms with Crippen molar-refractivity contribution in [2.45, 2.75) is 32.7 Å². The molecule has 0 unspecified atom stereocenters. The fourth-order valence-corrected chi connectivity index (χ4v) is 1.26. The largest absolute Gasteiger partial charge is 0.384 e. The zero-order valence-corrected chi connectivity index (χ0v) is 9.95. The number of hydrogen-bond acceptors (Lipinski definition) is 3. The molecule has 0 spiro atoms. The Balaban J connectivity index is 2.67. The summed E-state index contributed by atoms with van der Waals surface area (Å²) in [5, 5.41) is 6.87. The Labute approximate surface area is 95.0 Å². The first kappa shape index (κ1) is 12.4. The number of nitrogens with one attached hydrogen (secondary N) is 1.